The van der Waals surface area contributed by atoms with Crippen molar-refractivity contribution in [3.05, 3.63) is 34.1 Å². The molecule has 0 saturated heterocycles. The molecule has 4 heteroatoms. The lowest BCUT2D eigenvalue weighted by Crippen LogP contribution is -2.37. The highest BCUT2D eigenvalue weighted by atomic mass is 79.9. The second-order valence-corrected chi connectivity index (χ2v) is 5.67. The van der Waals surface area contributed by atoms with Crippen LogP contribution in [0.3, 0.4) is 0 Å². The van der Waals surface area contributed by atoms with E-state index >= 15 is 0 Å². The first-order valence-electron chi connectivity index (χ1n) is 5.88. The fraction of sp³-hybridized carbons (Fsp3) is 0.538. The summed E-state index contributed by atoms with van der Waals surface area (Å²) in [7, 11) is 0. The summed E-state index contributed by atoms with van der Waals surface area (Å²) in [5.74, 6) is -0.335. The Hall–Kier alpha value is -0.480. The van der Waals surface area contributed by atoms with Crippen LogP contribution in [0.25, 0.3) is 0 Å². The Bertz CT molecular complexity index is 400. The van der Waals surface area contributed by atoms with Crippen molar-refractivity contribution < 1.29 is 8.78 Å². The normalized spacial score (nSPS) is 29.3. The quantitative estimate of drug-likeness (QED) is 0.885. The van der Waals surface area contributed by atoms with E-state index in [0.29, 0.717) is 35.7 Å². The maximum atomic E-state index is 14.5. The van der Waals surface area contributed by atoms with Gasteiger partial charge < -0.3 is 5.73 Å². The van der Waals surface area contributed by atoms with Gasteiger partial charge in [0.2, 0.25) is 0 Å². The maximum Gasteiger partial charge on any atom is 0.137 e. The van der Waals surface area contributed by atoms with Gasteiger partial charge in [0, 0.05) is 12.5 Å². The molecule has 1 aromatic rings. The molecule has 1 fully saturated rings. The maximum absolute atomic E-state index is 14.5. The molecule has 1 aromatic carbocycles. The van der Waals surface area contributed by atoms with Gasteiger partial charge in [0.15, 0.2) is 0 Å². The van der Waals surface area contributed by atoms with Gasteiger partial charge in [-0.2, -0.15) is 0 Å². The van der Waals surface area contributed by atoms with E-state index in [-0.39, 0.29) is 18.3 Å². The number of rotatable bonds is 2. The molecule has 94 valence electrons. The molecule has 2 rings (SSSR count). The highest BCUT2D eigenvalue weighted by Gasteiger charge is 2.34. The third-order valence-corrected chi connectivity index (χ3v) is 4.35. The minimum absolute atomic E-state index is 0.120. The second-order valence-electron chi connectivity index (χ2n) is 4.88. The van der Waals surface area contributed by atoms with Crippen molar-refractivity contribution in [1.82, 2.24) is 0 Å². The molecule has 0 amide bonds. The molecule has 0 heterocycles. The average Bonchev–Trinajstić information content (AvgIpc) is 2.30. The van der Waals surface area contributed by atoms with Crippen molar-refractivity contribution >= 4 is 15.9 Å². The molecular formula is C13H16BrF2N. The van der Waals surface area contributed by atoms with Crippen molar-refractivity contribution in [1.29, 1.82) is 0 Å². The van der Waals surface area contributed by atoms with Crippen molar-refractivity contribution in [3.8, 4) is 0 Å². The second kappa shape index (κ2) is 5.02. The molecule has 17 heavy (non-hydrogen) atoms. The minimum Gasteiger partial charge on any atom is -0.328 e. The Balaban J connectivity index is 2.12. The van der Waals surface area contributed by atoms with E-state index in [2.05, 4.69) is 15.9 Å². The molecule has 1 saturated carbocycles. The molecule has 0 aromatic heterocycles. The highest BCUT2D eigenvalue weighted by Crippen LogP contribution is 2.36. The topological polar surface area (TPSA) is 26.0 Å². The molecular weight excluding hydrogens is 288 g/mol. The highest BCUT2D eigenvalue weighted by molar-refractivity contribution is 9.10. The summed E-state index contributed by atoms with van der Waals surface area (Å²) in [5.41, 5.74) is 5.23. The predicted octanol–water partition coefficient (Wildman–Crippen LogP) is 3.74. The van der Waals surface area contributed by atoms with E-state index in [1.807, 2.05) is 0 Å². The molecule has 1 aliphatic carbocycles. The van der Waals surface area contributed by atoms with Gasteiger partial charge in [0.25, 0.3) is 0 Å². The van der Waals surface area contributed by atoms with Crippen LogP contribution in [0.1, 0.15) is 31.2 Å². The van der Waals surface area contributed by atoms with Crippen LogP contribution in [-0.2, 0) is 6.42 Å². The van der Waals surface area contributed by atoms with E-state index in [0.717, 1.165) is 0 Å². The van der Waals surface area contributed by atoms with Gasteiger partial charge in [-0.15, -0.1) is 0 Å². The molecule has 0 atom stereocenters. The van der Waals surface area contributed by atoms with Gasteiger partial charge in [0.05, 0.1) is 4.47 Å². The van der Waals surface area contributed by atoms with Gasteiger partial charge in [-0.3, -0.25) is 0 Å². The molecule has 0 spiro atoms. The molecule has 0 aliphatic heterocycles. The van der Waals surface area contributed by atoms with Gasteiger partial charge in [0.1, 0.15) is 11.5 Å². The zero-order valence-corrected chi connectivity index (χ0v) is 11.1. The van der Waals surface area contributed by atoms with Crippen LogP contribution in [0.15, 0.2) is 22.7 Å². The number of hydrogen-bond acceptors (Lipinski definition) is 1. The lowest BCUT2D eigenvalue weighted by Gasteiger charge is -2.32. The van der Waals surface area contributed by atoms with E-state index in [9.17, 15) is 8.78 Å². The minimum atomic E-state index is -1.23. The van der Waals surface area contributed by atoms with Crippen LogP contribution in [0.5, 0.6) is 0 Å². The third-order valence-electron chi connectivity index (χ3n) is 3.47. The molecule has 0 bridgehead atoms. The first-order valence-corrected chi connectivity index (χ1v) is 6.67. The first-order chi connectivity index (χ1) is 8.00. The summed E-state index contributed by atoms with van der Waals surface area (Å²) < 4.78 is 28.3. The summed E-state index contributed by atoms with van der Waals surface area (Å²) in [6.07, 6.45) is 2.62. The fourth-order valence-electron chi connectivity index (χ4n) is 2.36. The Morgan fingerprint density at radius 3 is 2.65 bits per heavy atom. The van der Waals surface area contributed by atoms with Gasteiger partial charge >= 0.3 is 0 Å². The predicted molar refractivity (Wildman–Crippen MR) is 68.1 cm³/mol. The van der Waals surface area contributed by atoms with Crippen LogP contribution >= 0.6 is 15.9 Å². The summed E-state index contributed by atoms with van der Waals surface area (Å²) in [4.78, 5) is 0. The largest absolute Gasteiger partial charge is 0.328 e. The Kier molecular flexibility index (Phi) is 3.83. The van der Waals surface area contributed by atoms with E-state index < -0.39 is 5.67 Å². The lowest BCUT2D eigenvalue weighted by molar-refractivity contribution is 0.0992. The van der Waals surface area contributed by atoms with Crippen molar-refractivity contribution in [2.24, 2.45) is 5.73 Å². The summed E-state index contributed by atoms with van der Waals surface area (Å²) in [6.45, 7) is 0. The van der Waals surface area contributed by atoms with Crippen molar-refractivity contribution in [3.63, 3.8) is 0 Å². The fourth-order valence-corrected chi connectivity index (χ4v) is 2.77. The van der Waals surface area contributed by atoms with Crippen LogP contribution in [-0.4, -0.2) is 11.7 Å². The van der Waals surface area contributed by atoms with Gasteiger partial charge in [-0.05, 0) is 53.2 Å². The first kappa shape index (κ1) is 13.0. The zero-order chi connectivity index (χ0) is 12.5. The summed E-state index contributed by atoms with van der Waals surface area (Å²) in [5, 5.41) is 0. The van der Waals surface area contributed by atoms with Crippen LogP contribution in [0.2, 0.25) is 0 Å². The number of nitrogens with two attached hydrogens (primary N) is 1. The van der Waals surface area contributed by atoms with E-state index in [4.69, 9.17) is 5.73 Å². The van der Waals surface area contributed by atoms with Crippen molar-refractivity contribution in [2.75, 3.05) is 0 Å². The molecule has 0 unspecified atom stereocenters. The third kappa shape index (κ3) is 3.05. The van der Waals surface area contributed by atoms with E-state index in [1.54, 1.807) is 12.1 Å². The van der Waals surface area contributed by atoms with Crippen molar-refractivity contribution in [2.45, 2.75) is 43.8 Å². The average molecular weight is 304 g/mol. The van der Waals surface area contributed by atoms with Crippen LogP contribution in [0.4, 0.5) is 8.78 Å². The smallest absolute Gasteiger partial charge is 0.137 e. The molecule has 1 aliphatic rings. The molecule has 2 N–H and O–H groups in total. The molecule has 0 radical (unpaired) electrons. The lowest BCUT2D eigenvalue weighted by atomic mass is 9.80. The van der Waals surface area contributed by atoms with Crippen LogP contribution in [0, 0.1) is 5.82 Å². The van der Waals surface area contributed by atoms with Crippen LogP contribution < -0.4 is 5.73 Å². The van der Waals surface area contributed by atoms with Gasteiger partial charge in [-0.1, -0.05) is 12.1 Å². The zero-order valence-electron chi connectivity index (χ0n) is 9.56. The molecule has 1 nitrogen and oxygen atoms in total. The Labute approximate surface area is 109 Å². The Morgan fingerprint density at radius 2 is 2.00 bits per heavy atom. The standard InChI is InChI=1S/C13H16BrF2N/c14-12-9(2-1-3-11(12)15)8-13(16)6-4-10(17)5-7-13/h1-3,10H,4-8,17H2. The Morgan fingerprint density at radius 1 is 1.35 bits per heavy atom. The SMILES string of the molecule is NC1CCC(F)(Cc2cccc(F)c2Br)CC1. The summed E-state index contributed by atoms with van der Waals surface area (Å²) in [6, 6.07) is 4.88. The number of benzene rings is 1. The number of hydrogen-bond donors (Lipinski definition) is 1. The number of halogens is 3. The number of alkyl halides is 1. The van der Waals surface area contributed by atoms with Gasteiger partial charge in [-0.25, -0.2) is 8.78 Å². The summed E-state index contributed by atoms with van der Waals surface area (Å²) >= 11 is 3.18. The van der Waals surface area contributed by atoms with E-state index in [1.165, 1.54) is 6.07 Å². The monoisotopic (exact) mass is 303 g/mol.